The molecule has 1 unspecified atom stereocenters. The molecular weight excluding hydrogens is 560 g/mol. The Balaban J connectivity index is 1.29. The number of hydrogen-bond acceptors (Lipinski definition) is 5. The molecule has 0 aromatic heterocycles. The quantitative estimate of drug-likeness (QED) is 0.111. The minimum Gasteiger partial charge on any atom is -0.502 e. The van der Waals surface area contributed by atoms with Gasteiger partial charge in [0.1, 0.15) is 6.10 Å². The zero-order chi connectivity index (χ0) is 32.9. The van der Waals surface area contributed by atoms with Gasteiger partial charge < -0.3 is 14.6 Å². The van der Waals surface area contributed by atoms with Gasteiger partial charge in [0.05, 0.1) is 6.61 Å². The van der Waals surface area contributed by atoms with Crippen LogP contribution in [0.3, 0.4) is 0 Å². The van der Waals surface area contributed by atoms with Crippen LogP contribution in [0.5, 0.6) is 0 Å². The molecule has 256 valence electrons. The number of hydrogen-bond donors (Lipinski definition) is 1. The van der Waals surface area contributed by atoms with Gasteiger partial charge in [-0.25, -0.2) is 9.59 Å². The monoisotopic (exact) mass is 626 g/mol. The van der Waals surface area contributed by atoms with Crippen molar-refractivity contribution in [2.24, 2.45) is 58.2 Å². The molecule has 0 radical (unpaired) electrons. The molecule has 1 N–H and O–H groups in total. The summed E-state index contributed by atoms with van der Waals surface area (Å²) < 4.78 is 10.7. The number of ether oxygens (including phenoxy) is 2. The van der Waals surface area contributed by atoms with E-state index in [-0.39, 0.29) is 12.7 Å². The molecule has 0 amide bonds. The maximum atomic E-state index is 12.3. The average molecular weight is 627 g/mol. The van der Waals surface area contributed by atoms with Gasteiger partial charge in [-0.1, -0.05) is 66.9 Å². The molecule has 4 rings (SSSR count). The van der Waals surface area contributed by atoms with Gasteiger partial charge in [0, 0.05) is 12.0 Å². The van der Waals surface area contributed by atoms with Gasteiger partial charge in [0.2, 0.25) is 0 Å². The Hall–Kier alpha value is -1.78. The molecule has 0 heterocycles. The van der Waals surface area contributed by atoms with Gasteiger partial charge in [-0.3, -0.25) is 0 Å². The molecule has 4 fully saturated rings. The van der Waals surface area contributed by atoms with Crippen molar-refractivity contribution in [2.45, 2.75) is 150 Å². The first-order valence-corrected chi connectivity index (χ1v) is 18.7. The number of aliphatic hydroxyl groups is 1. The van der Waals surface area contributed by atoms with Crippen LogP contribution in [0.15, 0.2) is 24.5 Å². The van der Waals surface area contributed by atoms with Crippen LogP contribution >= 0.6 is 0 Å². The van der Waals surface area contributed by atoms with E-state index in [4.69, 9.17) is 9.47 Å². The van der Waals surface area contributed by atoms with Crippen LogP contribution < -0.4 is 0 Å². The average Bonchev–Trinajstić information content (AvgIpc) is 3.34. The van der Waals surface area contributed by atoms with Crippen molar-refractivity contribution in [3.8, 4) is 0 Å². The minimum absolute atomic E-state index is 0.0802. The van der Waals surface area contributed by atoms with E-state index in [1.165, 1.54) is 77.0 Å². The van der Waals surface area contributed by atoms with E-state index in [0.29, 0.717) is 22.8 Å². The molecule has 5 heteroatoms. The highest BCUT2D eigenvalue weighted by molar-refractivity contribution is 5.87. The highest BCUT2D eigenvalue weighted by Crippen LogP contribution is 2.68. The van der Waals surface area contributed by atoms with E-state index >= 15 is 0 Å². The maximum absolute atomic E-state index is 12.3. The predicted octanol–water partition coefficient (Wildman–Crippen LogP) is 10.4. The van der Waals surface area contributed by atoms with Crippen molar-refractivity contribution in [2.75, 3.05) is 6.61 Å². The van der Waals surface area contributed by atoms with E-state index < -0.39 is 17.7 Å². The summed E-state index contributed by atoms with van der Waals surface area (Å²) in [4.78, 5) is 23.8. The fourth-order valence-electron chi connectivity index (χ4n) is 11.1. The molecule has 10 atom stereocenters. The van der Waals surface area contributed by atoms with Crippen LogP contribution in [0, 0.1) is 58.2 Å². The lowest BCUT2D eigenvalue weighted by Crippen LogP contribution is -2.53. The van der Waals surface area contributed by atoms with Crippen LogP contribution in [-0.4, -0.2) is 29.8 Å². The Bertz CT molecular complexity index is 1050. The van der Waals surface area contributed by atoms with E-state index in [1.807, 2.05) is 0 Å². The highest BCUT2D eigenvalue weighted by Gasteiger charge is 2.60. The zero-order valence-electron chi connectivity index (χ0n) is 29.7. The molecule has 4 aliphatic carbocycles. The van der Waals surface area contributed by atoms with Crippen LogP contribution in [-0.2, 0) is 19.1 Å². The van der Waals surface area contributed by atoms with Crippen LogP contribution in [0.25, 0.3) is 0 Å². The first-order valence-electron chi connectivity index (χ1n) is 18.7. The highest BCUT2D eigenvalue weighted by atomic mass is 16.6. The van der Waals surface area contributed by atoms with Crippen molar-refractivity contribution in [1.82, 2.24) is 0 Å². The summed E-state index contributed by atoms with van der Waals surface area (Å²) >= 11 is 0. The van der Waals surface area contributed by atoms with E-state index in [9.17, 15) is 14.7 Å². The molecule has 5 nitrogen and oxygen atoms in total. The third-order valence-electron chi connectivity index (χ3n) is 13.6. The summed E-state index contributed by atoms with van der Waals surface area (Å²) in [5.41, 5.74) is 1.44. The fourth-order valence-corrected chi connectivity index (χ4v) is 11.1. The van der Waals surface area contributed by atoms with Crippen molar-refractivity contribution in [1.29, 1.82) is 0 Å². The number of rotatable bonds is 15. The first-order chi connectivity index (χ1) is 21.3. The van der Waals surface area contributed by atoms with E-state index in [0.717, 1.165) is 66.6 Å². The molecule has 0 aliphatic heterocycles. The lowest BCUT2D eigenvalue weighted by atomic mass is 9.44. The molecule has 0 aromatic carbocycles. The Morgan fingerprint density at radius 1 is 0.844 bits per heavy atom. The van der Waals surface area contributed by atoms with Gasteiger partial charge in [-0.2, -0.15) is 0 Å². The molecule has 0 saturated heterocycles. The largest absolute Gasteiger partial charge is 0.502 e. The smallest absolute Gasteiger partial charge is 0.372 e. The summed E-state index contributed by atoms with van der Waals surface area (Å²) in [6, 6.07) is 0. The summed E-state index contributed by atoms with van der Waals surface area (Å²) in [5.74, 6) is 5.16. The fraction of sp³-hybridized carbons (Fsp3) is 0.850. The Morgan fingerprint density at radius 3 is 2.24 bits per heavy atom. The van der Waals surface area contributed by atoms with Gasteiger partial charge in [-0.05, 0) is 142 Å². The normalized spacial score (nSPS) is 35.4. The van der Waals surface area contributed by atoms with Crippen LogP contribution in [0.2, 0.25) is 0 Å². The third-order valence-corrected chi connectivity index (χ3v) is 13.6. The second kappa shape index (κ2) is 15.4. The van der Waals surface area contributed by atoms with Gasteiger partial charge >= 0.3 is 11.9 Å². The number of carbonyl (C=O) groups is 2. The molecule has 45 heavy (non-hydrogen) atoms. The van der Waals surface area contributed by atoms with Crippen molar-refractivity contribution >= 4 is 11.9 Å². The van der Waals surface area contributed by atoms with Crippen molar-refractivity contribution in [3.63, 3.8) is 0 Å². The predicted molar refractivity (Wildman–Crippen MR) is 182 cm³/mol. The molecule has 0 bridgehead atoms. The van der Waals surface area contributed by atoms with E-state index in [2.05, 4.69) is 47.8 Å². The number of aliphatic hydroxyl groups excluding tert-OH is 1. The molecule has 0 spiro atoms. The summed E-state index contributed by atoms with van der Waals surface area (Å²) in [6.07, 6.45) is 19.9. The Labute approximate surface area is 275 Å². The summed E-state index contributed by atoms with van der Waals surface area (Å²) in [7, 11) is 0. The molecule has 0 aromatic rings. The molecular formula is C40H66O5. The van der Waals surface area contributed by atoms with Crippen molar-refractivity contribution < 1.29 is 24.2 Å². The molecule has 4 saturated carbocycles. The minimum atomic E-state index is -0.832. The lowest BCUT2D eigenvalue weighted by molar-refractivity contribution is -0.147. The standard InChI is InChI=1S/C40H66O5/c1-26(2)11-9-12-28(5)34-17-18-35-33-16-15-31-25-30(19-22-39(31,7)36(33)20-23-40(34,35)8)13-10-14-32(45-37(42)27(3)4)21-24-44-38(43)29(6)41/h26,28,30-36,41H,3,6,9-25H2,1-2,4-5,7-8H3/t28-,30+,31+,32?,33+,34-,35+,36+,39+,40-/m1/s1. The topological polar surface area (TPSA) is 72.8 Å². The SMILES string of the molecule is C=C(C)C(=O)OC(CCC[C@H]1CC[C@@]2(C)[C@@H](CC[C@@H]3[C@@H]2CC[C@]2(C)[C@@H]([C@H](C)CCCC(C)C)CC[C@@H]32)C1)CCOC(=O)C(=C)O. The van der Waals surface area contributed by atoms with Gasteiger partial charge in [0.15, 0.2) is 5.76 Å². The summed E-state index contributed by atoms with van der Waals surface area (Å²) in [6.45, 7) is 21.4. The summed E-state index contributed by atoms with van der Waals surface area (Å²) in [5, 5.41) is 9.21. The second-order valence-corrected chi connectivity index (χ2v) is 16.9. The lowest BCUT2D eigenvalue weighted by Gasteiger charge is -2.61. The number of esters is 2. The van der Waals surface area contributed by atoms with Gasteiger partial charge in [0.25, 0.3) is 0 Å². The van der Waals surface area contributed by atoms with Gasteiger partial charge in [-0.15, -0.1) is 0 Å². The number of fused-ring (bicyclic) bond motifs is 5. The third kappa shape index (κ3) is 8.39. The molecule has 4 aliphatic rings. The van der Waals surface area contributed by atoms with Crippen LogP contribution in [0.1, 0.15) is 144 Å². The maximum Gasteiger partial charge on any atom is 0.372 e. The zero-order valence-corrected chi connectivity index (χ0v) is 29.7. The Morgan fingerprint density at radius 2 is 1.56 bits per heavy atom. The van der Waals surface area contributed by atoms with Crippen LogP contribution in [0.4, 0.5) is 0 Å². The Kier molecular flexibility index (Phi) is 12.4. The van der Waals surface area contributed by atoms with Crippen molar-refractivity contribution in [3.05, 3.63) is 24.5 Å². The second-order valence-electron chi connectivity index (χ2n) is 16.9. The first kappa shape index (κ1) is 36.1. The van der Waals surface area contributed by atoms with E-state index in [1.54, 1.807) is 6.92 Å². The number of carbonyl (C=O) groups excluding carboxylic acids is 2.